The molecule has 0 atom stereocenters. The van der Waals surface area contributed by atoms with Gasteiger partial charge in [0.15, 0.2) is 0 Å². The van der Waals surface area contributed by atoms with E-state index in [0.717, 1.165) is 6.07 Å². The van der Waals surface area contributed by atoms with E-state index in [9.17, 15) is 8.42 Å². The standard InChI is InChI=1S/C6H5ClO4S.Na.H/c7-6-4(8)2-1-3-5(6)12(9,10)11;;/h1-3,8H,(H,9,10,11);;/q;+1;-1. The summed E-state index contributed by atoms with van der Waals surface area (Å²) in [4.78, 5) is -0.496. The molecule has 13 heavy (non-hydrogen) atoms. The molecule has 0 saturated carbocycles. The molecule has 0 fully saturated rings. The van der Waals surface area contributed by atoms with Gasteiger partial charge in [-0.15, -0.1) is 0 Å². The van der Waals surface area contributed by atoms with E-state index in [2.05, 4.69) is 0 Å². The third kappa shape index (κ3) is 3.12. The van der Waals surface area contributed by atoms with Crippen LogP contribution in [0.3, 0.4) is 0 Å². The fourth-order valence-corrected chi connectivity index (χ4v) is 1.70. The van der Waals surface area contributed by atoms with Crippen molar-refractivity contribution in [2.75, 3.05) is 0 Å². The topological polar surface area (TPSA) is 74.6 Å². The quantitative estimate of drug-likeness (QED) is 0.452. The molecule has 2 N–H and O–H groups in total. The van der Waals surface area contributed by atoms with Gasteiger partial charge < -0.3 is 6.53 Å². The van der Waals surface area contributed by atoms with Gasteiger partial charge in [-0.3, -0.25) is 4.55 Å². The Kier molecular flexibility index (Phi) is 4.71. The minimum absolute atomic E-state index is 0. The second-order valence-electron chi connectivity index (χ2n) is 2.06. The van der Waals surface area contributed by atoms with E-state index in [0.29, 0.717) is 0 Å². The van der Waals surface area contributed by atoms with Crippen molar-refractivity contribution in [1.29, 1.82) is 0 Å². The van der Waals surface area contributed by atoms with Gasteiger partial charge in [0.25, 0.3) is 10.1 Å². The third-order valence-electron chi connectivity index (χ3n) is 1.22. The second kappa shape index (κ2) is 4.63. The third-order valence-corrected chi connectivity index (χ3v) is 2.63. The summed E-state index contributed by atoms with van der Waals surface area (Å²) in [6, 6.07) is 3.58. The number of phenolic OH excluding ortho intramolecular Hbond substituents is 1. The molecule has 0 aliphatic rings. The van der Waals surface area contributed by atoms with Crippen LogP contribution < -0.4 is 29.6 Å². The van der Waals surface area contributed by atoms with Crippen molar-refractivity contribution in [3.63, 3.8) is 0 Å². The second-order valence-corrected chi connectivity index (χ2v) is 3.83. The number of hydrogen-bond donors (Lipinski definition) is 2. The van der Waals surface area contributed by atoms with Crippen molar-refractivity contribution in [3.05, 3.63) is 23.2 Å². The van der Waals surface area contributed by atoms with Crippen molar-refractivity contribution in [3.8, 4) is 5.75 Å². The fraction of sp³-hybridized carbons (Fsp3) is 0. The molecule has 0 spiro atoms. The van der Waals surface area contributed by atoms with Gasteiger partial charge in [-0.05, 0) is 12.1 Å². The van der Waals surface area contributed by atoms with Crippen LogP contribution in [0.25, 0.3) is 0 Å². The van der Waals surface area contributed by atoms with Crippen LogP contribution in [0.4, 0.5) is 0 Å². The smallest absolute Gasteiger partial charge is 1.00 e. The Morgan fingerprint density at radius 1 is 1.38 bits per heavy atom. The molecule has 4 nitrogen and oxygen atoms in total. The largest absolute Gasteiger partial charge is 1.00 e. The van der Waals surface area contributed by atoms with Crippen LogP contribution in [-0.2, 0) is 10.1 Å². The van der Waals surface area contributed by atoms with E-state index in [4.69, 9.17) is 21.3 Å². The first-order chi connectivity index (χ1) is 5.43. The average molecular weight is 233 g/mol. The molecule has 0 saturated heterocycles. The Balaban J connectivity index is 0. The van der Waals surface area contributed by atoms with E-state index >= 15 is 0 Å². The van der Waals surface area contributed by atoms with Crippen LogP contribution in [-0.4, -0.2) is 18.1 Å². The minimum atomic E-state index is -4.35. The maximum Gasteiger partial charge on any atom is 1.00 e. The van der Waals surface area contributed by atoms with Gasteiger partial charge in [0.2, 0.25) is 0 Å². The first kappa shape index (κ1) is 13.2. The zero-order chi connectivity index (χ0) is 9.35. The molecule has 0 aliphatic carbocycles. The summed E-state index contributed by atoms with van der Waals surface area (Å²) in [5, 5.41) is 8.58. The Hall–Kier alpha value is 0.220. The van der Waals surface area contributed by atoms with E-state index < -0.39 is 15.0 Å². The maximum absolute atomic E-state index is 10.6. The van der Waals surface area contributed by atoms with Gasteiger partial charge in [-0.2, -0.15) is 8.42 Å². The predicted molar refractivity (Wildman–Crippen MR) is 44.0 cm³/mol. The zero-order valence-electron chi connectivity index (χ0n) is 7.73. The molecule has 0 heterocycles. The molecule has 0 amide bonds. The van der Waals surface area contributed by atoms with Crippen molar-refractivity contribution >= 4 is 21.7 Å². The van der Waals surface area contributed by atoms with Crippen LogP contribution >= 0.6 is 11.6 Å². The number of aromatic hydroxyl groups is 1. The fourth-order valence-electron chi connectivity index (χ4n) is 0.698. The van der Waals surface area contributed by atoms with Gasteiger partial charge in [0, 0.05) is 0 Å². The van der Waals surface area contributed by atoms with Crippen molar-refractivity contribution in [1.82, 2.24) is 0 Å². The van der Waals surface area contributed by atoms with Gasteiger partial charge in [-0.25, -0.2) is 0 Å². The summed E-state index contributed by atoms with van der Waals surface area (Å²) in [6.45, 7) is 0. The van der Waals surface area contributed by atoms with Crippen LogP contribution in [0.2, 0.25) is 5.02 Å². The summed E-state index contributed by atoms with van der Waals surface area (Å²) in [5.41, 5.74) is 0. The Morgan fingerprint density at radius 3 is 2.31 bits per heavy atom. The van der Waals surface area contributed by atoms with Crippen molar-refractivity contribution in [2.24, 2.45) is 0 Å². The minimum Gasteiger partial charge on any atom is -1.00 e. The van der Waals surface area contributed by atoms with Gasteiger partial charge in [-0.1, -0.05) is 17.7 Å². The summed E-state index contributed by atoms with van der Waals surface area (Å²) < 4.78 is 29.7. The number of rotatable bonds is 1. The van der Waals surface area contributed by atoms with E-state index in [1.165, 1.54) is 12.1 Å². The SMILES string of the molecule is O=S(=O)(O)c1cccc(O)c1Cl.[H-].[Na+]. The first-order valence-corrected chi connectivity index (χ1v) is 4.69. The monoisotopic (exact) mass is 232 g/mol. The molecule has 68 valence electrons. The Bertz CT molecular complexity index is 408. The summed E-state index contributed by atoms with van der Waals surface area (Å²) in [6.07, 6.45) is 0. The molecule has 1 aromatic rings. The average Bonchev–Trinajstić information content (AvgIpc) is 1.92. The van der Waals surface area contributed by atoms with Crippen LogP contribution in [0.5, 0.6) is 5.75 Å². The molecule has 0 radical (unpaired) electrons. The molecular formula is C6H6ClNaO4S. The van der Waals surface area contributed by atoms with Crippen LogP contribution in [0.15, 0.2) is 23.1 Å². The number of phenols is 1. The number of benzene rings is 1. The van der Waals surface area contributed by atoms with E-state index in [1.54, 1.807) is 0 Å². The van der Waals surface area contributed by atoms with Crippen molar-refractivity contribution < 1.29 is 49.1 Å². The molecule has 0 unspecified atom stereocenters. The molecule has 1 aromatic carbocycles. The maximum atomic E-state index is 10.6. The predicted octanol–water partition coefficient (Wildman–Crippen LogP) is -1.59. The summed E-state index contributed by atoms with van der Waals surface area (Å²) >= 11 is 5.39. The molecule has 0 aromatic heterocycles. The molecule has 0 bridgehead atoms. The van der Waals surface area contributed by atoms with Crippen LogP contribution in [0, 0.1) is 0 Å². The first-order valence-electron chi connectivity index (χ1n) is 2.88. The molecule has 7 heteroatoms. The van der Waals surface area contributed by atoms with E-state index in [-0.39, 0.29) is 41.8 Å². The number of hydrogen-bond acceptors (Lipinski definition) is 3. The van der Waals surface area contributed by atoms with Gasteiger partial charge in [0.05, 0.1) is 0 Å². The Labute approximate surface area is 104 Å². The van der Waals surface area contributed by atoms with Crippen LogP contribution in [0.1, 0.15) is 1.43 Å². The van der Waals surface area contributed by atoms with Gasteiger partial charge >= 0.3 is 29.6 Å². The molecule has 1 rings (SSSR count). The normalized spacial score (nSPS) is 10.6. The summed E-state index contributed by atoms with van der Waals surface area (Å²) in [7, 11) is -4.35. The zero-order valence-corrected chi connectivity index (χ0v) is 10.3. The van der Waals surface area contributed by atoms with E-state index in [1.807, 2.05) is 0 Å². The number of halogens is 1. The molecule has 0 aliphatic heterocycles. The summed E-state index contributed by atoms with van der Waals surface area (Å²) in [5.74, 6) is -0.383. The van der Waals surface area contributed by atoms with Crippen molar-refractivity contribution in [2.45, 2.75) is 4.90 Å². The Morgan fingerprint density at radius 2 is 1.92 bits per heavy atom. The molecular weight excluding hydrogens is 227 g/mol. The van der Waals surface area contributed by atoms with Gasteiger partial charge in [0.1, 0.15) is 15.7 Å².